The molecule has 0 radical (unpaired) electrons. The summed E-state index contributed by atoms with van der Waals surface area (Å²) in [4.78, 5) is 29.2. The van der Waals surface area contributed by atoms with Gasteiger partial charge in [0.25, 0.3) is 11.8 Å². The van der Waals surface area contributed by atoms with Gasteiger partial charge < -0.3 is 15.0 Å². The number of nitrogens with zero attached hydrogens (tertiary/aromatic N) is 1. The monoisotopic (exact) mass is 426 g/mol. The second kappa shape index (κ2) is 9.35. The lowest BCUT2D eigenvalue weighted by molar-refractivity contribution is 0.0509. The van der Waals surface area contributed by atoms with Crippen LogP contribution in [0.25, 0.3) is 0 Å². The van der Waals surface area contributed by atoms with Crippen molar-refractivity contribution in [3.63, 3.8) is 0 Å². The number of nitrogens with one attached hydrogen (secondary N) is 1. The highest BCUT2D eigenvalue weighted by molar-refractivity contribution is 7.12. The van der Waals surface area contributed by atoms with Crippen LogP contribution in [0.5, 0.6) is 0 Å². The molecule has 4 rings (SSSR count). The molecule has 1 atom stereocenters. The van der Waals surface area contributed by atoms with Crippen molar-refractivity contribution in [2.24, 2.45) is 0 Å². The molecule has 7 heteroatoms. The molecule has 2 amide bonds. The van der Waals surface area contributed by atoms with Crippen LogP contribution in [0.1, 0.15) is 37.7 Å². The van der Waals surface area contributed by atoms with Crippen molar-refractivity contribution in [3.8, 4) is 0 Å². The van der Waals surface area contributed by atoms with Gasteiger partial charge in [0.2, 0.25) is 0 Å². The van der Waals surface area contributed by atoms with E-state index in [1.807, 2.05) is 33.9 Å². The number of rotatable bonds is 7. The maximum Gasteiger partial charge on any atom is 0.265 e. The number of hydrogen-bond acceptors (Lipinski definition) is 5. The summed E-state index contributed by atoms with van der Waals surface area (Å²) in [6, 6.07) is 14.8. The molecule has 1 fully saturated rings. The van der Waals surface area contributed by atoms with E-state index in [-0.39, 0.29) is 17.9 Å². The first-order valence-corrected chi connectivity index (χ1v) is 11.3. The summed E-state index contributed by atoms with van der Waals surface area (Å²) in [5.41, 5.74) is 1.17. The Labute approximate surface area is 177 Å². The molecule has 1 aliphatic heterocycles. The highest BCUT2D eigenvalue weighted by Crippen LogP contribution is 2.21. The third kappa shape index (κ3) is 5.12. The van der Waals surface area contributed by atoms with Crippen LogP contribution in [0, 0.1) is 0 Å². The van der Waals surface area contributed by atoms with Gasteiger partial charge in [0, 0.05) is 29.3 Å². The molecule has 3 heterocycles. The minimum Gasteiger partial charge on any atom is -0.376 e. The second-order valence-electron chi connectivity index (χ2n) is 6.91. The molecule has 29 heavy (non-hydrogen) atoms. The second-order valence-corrected chi connectivity index (χ2v) is 8.89. The molecule has 0 aliphatic carbocycles. The molecule has 1 aliphatic rings. The summed E-state index contributed by atoms with van der Waals surface area (Å²) in [6.45, 7) is 1.89. The van der Waals surface area contributed by atoms with E-state index < -0.39 is 0 Å². The lowest BCUT2D eigenvalue weighted by Crippen LogP contribution is -2.36. The largest absolute Gasteiger partial charge is 0.376 e. The lowest BCUT2D eigenvalue weighted by Gasteiger charge is -2.25. The SMILES string of the molecule is O=C(Nc1cccc(C(=O)N(Cc2cccs2)CC2CCCO2)c1)c1cccs1. The molecule has 1 saturated heterocycles. The molecular weight excluding hydrogens is 404 g/mol. The number of carbonyl (C=O) groups is 2. The number of anilines is 1. The number of carbonyl (C=O) groups excluding carboxylic acids is 2. The van der Waals surface area contributed by atoms with Gasteiger partial charge in [-0.2, -0.15) is 0 Å². The molecule has 2 aromatic heterocycles. The Morgan fingerprint density at radius 2 is 1.97 bits per heavy atom. The standard InChI is InChI=1S/C22H22N2O3S2/c25-21(20-9-4-12-29-20)23-17-6-1-5-16(13-17)22(26)24(14-18-7-2-10-27-18)15-19-8-3-11-28-19/h1,3-6,8-9,11-13,18H,2,7,10,14-15H2,(H,23,25). The summed E-state index contributed by atoms with van der Waals surface area (Å²) in [7, 11) is 0. The van der Waals surface area contributed by atoms with E-state index in [2.05, 4.69) is 5.32 Å². The normalized spacial score (nSPS) is 15.9. The van der Waals surface area contributed by atoms with Crippen molar-refractivity contribution in [2.45, 2.75) is 25.5 Å². The number of hydrogen-bond donors (Lipinski definition) is 1. The van der Waals surface area contributed by atoms with Crippen molar-refractivity contribution in [1.82, 2.24) is 4.90 Å². The summed E-state index contributed by atoms with van der Waals surface area (Å²) < 4.78 is 5.76. The molecule has 5 nitrogen and oxygen atoms in total. The van der Waals surface area contributed by atoms with Crippen LogP contribution in [0.2, 0.25) is 0 Å². The Morgan fingerprint density at radius 1 is 1.10 bits per heavy atom. The average molecular weight is 427 g/mol. The van der Waals surface area contributed by atoms with E-state index in [4.69, 9.17) is 4.74 Å². The molecule has 0 bridgehead atoms. The Hall–Kier alpha value is -2.48. The third-order valence-electron chi connectivity index (χ3n) is 4.77. The van der Waals surface area contributed by atoms with E-state index >= 15 is 0 Å². The van der Waals surface area contributed by atoms with Gasteiger partial charge in [0.15, 0.2) is 0 Å². The molecule has 1 unspecified atom stereocenters. The zero-order valence-electron chi connectivity index (χ0n) is 15.9. The minimum atomic E-state index is -0.167. The van der Waals surface area contributed by atoms with Crippen LogP contribution in [0.4, 0.5) is 5.69 Å². The van der Waals surface area contributed by atoms with Crippen LogP contribution in [-0.4, -0.2) is 36.0 Å². The Balaban J connectivity index is 1.50. The quantitative estimate of drug-likeness (QED) is 0.586. The Kier molecular flexibility index (Phi) is 6.39. The topological polar surface area (TPSA) is 58.6 Å². The number of thiophene rings is 2. The highest BCUT2D eigenvalue weighted by atomic mass is 32.1. The van der Waals surface area contributed by atoms with Crippen LogP contribution in [0.3, 0.4) is 0 Å². The van der Waals surface area contributed by atoms with Gasteiger partial charge in [-0.3, -0.25) is 9.59 Å². The smallest absolute Gasteiger partial charge is 0.265 e. The molecule has 150 valence electrons. The summed E-state index contributed by atoms with van der Waals surface area (Å²) in [5.74, 6) is -0.222. The van der Waals surface area contributed by atoms with Gasteiger partial charge in [-0.15, -0.1) is 22.7 Å². The fraction of sp³-hybridized carbons (Fsp3) is 0.273. The van der Waals surface area contributed by atoms with Gasteiger partial charge in [-0.05, 0) is 53.9 Å². The van der Waals surface area contributed by atoms with Crippen LogP contribution >= 0.6 is 22.7 Å². The first-order valence-electron chi connectivity index (χ1n) is 9.57. The van der Waals surface area contributed by atoms with Gasteiger partial charge in [0.05, 0.1) is 17.5 Å². The van der Waals surface area contributed by atoms with E-state index in [9.17, 15) is 9.59 Å². The minimum absolute atomic E-state index is 0.0545. The number of benzene rings is 1. The van der Waals surface area contributed by atoms with Crippen LogP contribution in [-0.2, 0) is 11.3 Å². The first kappa shape index (κ1) is 19.8. The highest BCUT2D eigenvalue weighted by Gasteiger charge is 2.24. The van der Waals surface area contributed by atoms with Crippen molar-refractivity contribution in [2.75, 3.05) is 18.5 Å². The van der Waals surface area contributed by atoms with Crippen LogP contribution < -0.4 is 5.32 Å². The summed E-state index contributed by atoms with van der Waals surface area (Å²) in [6.07, 6.45) is 2.10. The van der Waals surface area contributed by atoms with Crippen molar-refractivity contribution in [1.29, 1.82) is 0 Å². The van der Waals surface area contributed by atoms with E-state index in [1.165, 1.54) is 11.3 Å². The fourth-order valence-electron chi connectivity index (χ4n) is 3.36. The maximum atomic E-state index is 13.3. The molecule has 1 N–H and O–H groups in total. The summed E-state index contributed by atoms with van der Waals surface area (Å²) >= 11 is 3.03. The Bertz CT molecular complexity index is 948. The van der Waals surface area contributed by atoms with Crippen molar-refractivity contribution in [3.05, 3.63) is 74.6 Å². The number of ether oxygens (including phenoxy) is 1. The van der Waals surface area contributed by atoms with Crippen LogP contribution in [0.15, 0.2) is 59.3 Å². The fourth-order valence-corrected chi connectivity index (χ4v) is 4.70. The zero-order valence-corrected chi connectivity index (χ0v) is 17.5. The predicted octanol–water partition coefficient (Wildman–Crippen LogP) is 4.88. The molecule has 1 aromatic carbocycles. The van der Waals surface area contributed by atoms with E-state index in [1.54, 1.807) is 41.7 Å². The molecule has 0 spiro atoms. The summed E-state index contributed by atoms with van der Waals surface area (Å²) in [5, 5.41) is 6.76. The van der Waals surface area contributed by atoms with Gasteiger partial charge in [0.1, 0.15) is 0 Å². The average Bonchev–Trinajstić information content (AvgIpc) is 3.50. The zero-order chi connectivity index (χ0) is 20.1. The van der Waals surface area contributed by atoms with Gasteiger partial charge in [-0.25, -0.2) is 0 Å². The maximum absolute atomic E-state index is 13.3. The first-order chi connectivity index (χ1) is 14.2. The lowest BCUT2D eigenvalue weighted by atomic mass is 10.1. The molecule has 3 aromatic rings. The van der Waals surface area contributed by atoms with Crippen molar-refractivity contribution >= 4 is 40.2 Å². The third-order valence-corrected chi connectivity index (χ3v) is 6.50. The predicted molar refractivity (Wildman–Crippen MR) is 117 cm³/mol. The molecule has 0 saturated carbocycles. The van der Waals surface area contributed by atoms with E-state index in [0.717, 1.165) is 24.3 Å². The van der Waals surface area contributed by atoms with Gasteiger partial charge in [-0.1, -0.05) is 18.2 Å². The van der Waals surface area contributed by atoms with Gasteiger partial charge >= 0.3 is 0 Å². The van der Waals surface area contributed by atoms with Crippen molar-refractivity contribution < 1.29 is 14.3 Å². The molecular formula is C22H22N2O3S2. The number of amides is 2. The van der Waals surface area contributed by atoms with E-state index in [0.29, 0.717) is 29.2 Å². The Morgan fingerprint density at radius 3 is 2.69 bits per heavy atom.